The quantitative estimate of drug-likeness (QED) is 0.860. The van der Waals surface area contributed by atoms with Gasteiger partial charge in [0.25, 0.3) is 0 Å². The number of hydrogen-bond donors (Lipinski definition) is 1. The van der Waals surface area contributed by atoms with E-state index in [1.807, 2.05) is 0 Å². The summed E-state index contributed by atoms with van der Waals surface area (Å²) in [6.45, 7) is 0. The molecule has 0 amide bonds. The molecule has 0 radical (unpaired) electrons. The molecule has 0 fully saturated rings. The third-order valence-electron chi connectivity index (χ3n) is 2.57. The maximum atomic E-state index is 13.4. The molecule has 0 aromatic heterocycles. The molecule has 0 atom stereocenters. The van der Waals surface area contributed by atoms with E-state index in [1.165, 1.54) is 13.2 Å². The van der Waals surface area contributed by atoms with Gasteiger partial charge in [0.05, 0.1) is 19.9 Å². The number of rotatable bonds is 4. The van der Waals surface area contributed by atoms with Gasteiger partial charge in [-0.2, -0.15) is 0 Å². The van der Waals surface area contributed by atoms with E-state index in [4.69, 9.17) is 19.9 Å². The van der Waals surface area contributed by atoms with E-state index in [0.717, 1.165) is 11.8 Å². The van der Waals surface area contributed by atoms with Gasteiger partial charge in [0, 0.05) is 12.1 Å². The molecule has 2 N–H and O–H groups in total. The zero-order valence-electron chi connectivity index (χ0n) is 10.6. The molecular formula is C14H14FNO3. The van der Waals surface area contributed by atoms with Crippen molar-refractivity contribution in [3.05, 3.63) is 42.2 Å². The van der Waals surface area contributed by atoms with Gasteiger partial charge >= 0.3 is 0 Å². The lowest BCUT2D eigenvalue weighted by Crippen LogP contribution is -1.96. The lowest BCUT2D eigenvalue weighted by molar-refractivity contribution is 0.382. The summed E-state index contributed by atoms with van der Waals surface area (Å²) in [6, 6.07) is 9.55. The first-order chi connectivity index (χ1) is 9.13. The van der Waals surface area contributed by atoms with Crippen LogP contribution in [0.5, 0.6) is 23.0 Å². The van der Waals surface area contributed by atoms with Crippen molar-refractivity contribution in [2.75, 3.05) is 20.0 Å². The van der Waals surface area contributed by atoms with Gasteiger partial charge in [-0.3, -0.25) is 0 Å². The molecule has 0 heterocycles. The van der Waals surface area contributed by atoms with Crippen molar-refractivity contribution in [3.8, 4) is 23.0 Å². The van der Waals surface area contributed by atoms with Gasteiger partial charge in [-0.1, -0.05) is 0 Å². The molecule has 0 bridgehead atoms. The van der Waals surface area contributed by atoms with E-state index in [9.17, 15) is 4.39 Å². The summed E-state index contributed by atoms with van der Waals surface area (Å²) in [7, 11) is 2.96. The lowest BCUT2D eigenvalue weighted by atomic mass is 10.2. The second-order valence-electron chi connectivity index (χ2n) is 3.80. The average Bonchev–Trinajstić information content (AvgIpc) is 2.42. The molecule has 0 saturated carbocycles. The second-order valence-corrected chi connectivity index (χ2v) is 3.80. The first-order valence-electron chi connectivity index (χ1n) is 5.59. The number of benzene rings is 2. The molecular weight excluding hydrogens is 249 g/mol. The Bertz CT molecular complexity index is 570. The summed E-state index contributed by atoms with van der Waals surface area (Å²) in [6.07, 6.45) is 0. The molecule has 2 rings (SSSR count). The fraction of sp³-hybridized carbons (Fsp3) is 0.143. The van der Waals surface area contributed by atoms with Gasteiger partial charge in [0.1, 0.15) is 11.5 Å². The molecule has 100 valence electrons. The van der Waals surface area contributed by atoms with Crippen LogP contribution in [-0.4, -0.2) is 14.2 Å². The zero-order valence-corrected chi connectivity index (χ0v) is 10.6. The number of methoxy groups -OCH3 is 2. The summed E-state index contributed by atoms with van der Waals surface area (Å²) < 4.78 is 28.9. The van der Waals surface area contributed by atoms with Crippen molar-refractivity contribution >= 4 is 5.69 Å². The minimum absolute atomic E-state index is 0.0812. The van der Waals surface area contributed by atoms with Gasteiger partial charge in [0.15, 0.2) is 17.3 Å². The van der Waals surface area contributed by atoms with Crippen LogP contribution in [0.4, 0.5) is 10.1 Å². The lowest BCUT2D eigenvalue weighted by Gasteiger charge is -2.11. The highest BCUT2D eigenvalue weighted by atomic mass is 19.1. The van der Waals surface area contributed by atoms with Crippen LogP contribution in [0.25, 0.3) is 0 Å². The van der Waals surface area contributed by atoms with Gasteiger partial charge < -0.3 is 19.9 Å². The zero-order chi connectivity index (χ0) is 13.8. The number of hydrogen-bond acceptors (Lipinski definition) is 4. The summed E-state index contributed by atoms with van der Waals surface area (Å²) in [5.41, 5.74) is 5.91. The summed E-state index contributed by atoms with van der Waals surface area (Å²) in [5.74, 6) is 1.18. The monoisotopic (exact) mass is 263 g/mol. The molecule has 0 aliphatic carbocycles. The van der Waals surface area contributed by atoms with Gasteiger partial charge in [0.2, 0.25) is 0 Å². The second kappa shape index (κ2) is 5.48. The highest BCUT2D eigenvalue weighted by molar-refractivity contribution is 5.57. The Morgan fingerprint density at radius 2 is 1.53 bits per heavy atom. The van der Waals surface area contributed by atoms with Crippen LogP contribution in [-0.2, 0) is 0 Å². The van der Waals surface area contributed by atoms with Crippen molar-refractivity contribution in [1.82, 2.24) is 0 Å². The predicted octanol–water partition coefficient (Wildman–Crippen LogP) is 3.22. The molecule has 0 unspecified atom stereocenters. The smallest absolute Gasteiger partial charge is 0.167 e. The van der Waals surface area contributed by atoms with E-state index >= 15 is 0 Å². The number of halogens is 1. The maximum absolute atomic E-state index is 13.4. The molecule has 0 saturated heterocycles. The van der Waals surface area contributed by atoms with E-state index in [-0.39, 0.29) is 11.4 Å². The predicted molar refractivity (Wildman–Crippen MR) is 70.4 cm³/mol. The van der Waals surface area contributed by atoms with Gasteiger partial charge in [-0.05, 0) is 24.3 Å². The Morgan fingerprint density at radius 3 is 2.11 bits per heavy atom. The average molecular weight is 263 g/mol. The Labute approximate surface area is 110 Å². The molecule has 19 heavy (non-hydrogen) atoms. The first-order valence-corrected chi connectivity index (χ1v) is 5.59. The standard InChI is InChI=1S/C14H14FNO3/c1-17-9-3-5-10(6-4-9)19-14-8-13(18-2)11(15)7-12(14)16/h3-8H,16H2,1-2H3. The van der Waals surface area contributed by atoms with E-state index in [1.54, 1.807) is 31.4 Å². The van der Waals surface area contributed by atoms with E-state index < -0.39 is 5.82 Å². The molecule has 4 nitrogen and oxygen atoms in total. The number of anilines is 1. The van der Waals surface area contributed by atoms with Crippen LogP contribution in [0.1, 0.15) is 0 Å². The van der Waals surface area contributed by atoms with Crippen LogP contribution in [0.2, 0.25) is 0 Å². The Balaban J connectivity index is 2.26. The molecule has 0 aliphatic heterocycles. The highest BCUT2D eigenvalue weighted by Crippen LogP contribution is 2.33. The Hall–Kier alpha value is -2.43. The van der Waals surface area contributed by atoms with Crippen LogP contribution < -0.4 is 19.9 Å². The number of nitrogens with two attached hydrogens (primary N) is 1. The highest BCUT2D eigenvalue weighted by Gasteiger charge is 2.10. The largest absolute Gasteiger partial charge is 0.497 e. The van der Waals surface area contributed by atoms with Crippen LogP contribution >= 0.6 is 0 Å². The number of ether oxygens (including phenoxy) is 3. The Morgan fingerprint density at radius 1 is 0.895 bits per heavy atom. The third kappa shape index (κ3) is 2.88. The van der Waals surface area contributed by atoms with Crippen LogP contribution in [0, 0.1) is 5.82 Å². The van der Waals surface area contributed by atoms with Crippen LogP contribution in [0.15, 0.2) is 36.4 Å². The van der Waals surface area contributed by atoms with Gasteiger partial charge in [-0.25, -0.2) is 4.39 Å². The normalized spacial score (nSPS) is 10.1. The molecule has 5 heteroatoms. The van der Waals surface area contributed by atoms with Crippen molar-refractivity contribution in [2.24, 2.45) is 0 Å². The molecule has 2 aromatic carbocycles. The SMILES string of the molecule is COc1ccc(Oc2cc(OC)c(F)cc2N)cc1. The van der Waals surface area contributed by atoms with E-state index in [2.05, 4.69) is 0 Å². The van der Waals surface area contributed by atoms with E-state index in [0.29, 0.717) is 11.5 Å². The van der Waals surface area contributed by atoms with Crippen molar-refractivity contribution in [3.63, 3.8) is 0 Å². The van der Waals surface area contributed by atoms with Crippen LogP contribution in [0.3, 0.4) is 0 Å². The Kier molecular flexibility index (Phi) is 3.75. The van der Waals surface area contributed by atoms with Crippen molar-refractivity contribution in [2.45, 2.75) is 0 Å². The fourth-order valence-electron chi connectivity index (χ4n) is 1.57. The summed E-state index contributed by atoms with van der Waals surface area (Å²) >= 11 is 0. The molecule has 0 aliphatic rings. The third-order valence-corrected chi connectivity index (χ3v) is 2.57. The molecule has 2 aromatic rings. The first kappa shape index (κ1) is 13.0. The van der Waals surface area contributed by atoms with Crippen molar-refractivity contribution < 1.29 is 18.6 Å². The minimum Gasteiger partial charge on any atom is -0.497 e. The summed E-state index contributed by atoms with van der Waals surface area (Å²) in [4.78, 5) is 0. The minimum atomic E-state index is -0.526. The topological polar surface area (TPSA) is 53.7 Å². The number of nitrogen functional groups attached to an aromatic ring is 1. The van der Waals surface area contributed by atoms with Crippen molar-refractivity contribution in [1.29, 1.82) is 0 Å². The van der Waals surface area contributed by atoms with Gasteiger partial charge in [-0.15, -0.1) is 0 Å². The maximum Gasteiger partial charge on any atom is 0.167 e. The fourth-order valence-corrected chi connectivity index (χ4v) is 1.57. The molecule has 0 spiro atoms. The summed E-state index contributed by atoms with van der Waals surface area (Å²) in [5, 5.41) is 0.